The standard InChI is InChI=1S/C70H34F3N11/c71-70(72,73)57-18-11-21-63(84-59-20-10-8-17-53(59)55-33-46(23-26-61(55)84)65-50(39-78)30-42(36-75)31-51(65)40-79)66(57)56-34-47(69-81-67(43-12-3-1-4-13-43)80-68(82-69)44-14-5-2-6-15-44)24-27-62(56)83-58-19-9-7-16-52(58)54-32-45(22-25-60(54)83)64-48(37-76)28-41(35-74)29-49(64)38-77/h1-34H. The van der Waals surface area contributed by atoms with Crippen molar-refractivity contribution in [2.24, 2.45) is 0 Å². The van der Waals surface area contributed by atoms with Crippen LogP contribution in [0.3, 0.4) is 0 Å². The smallest absolute Gasteiger partial charge is 0.309 e. The van der Waals surface area contributed by atoms with Crippen LogP contribution in [-0.4, -0.2) is 24.1 Å². The van der Waals surface area contributed by atoms with Gasteiger partial charge in [0.1, 0.15) is 0 Å². The molecular weight excluding hydrogens is 1050 g/mol. The Balaban J connectivity index is 1.13. The molecule has 390 valence electrons. The van der Waals surface area contributed by atoms with Gasteiger partial charge in [0.2, 0.25) is 0 Å². The van der Waals surface area contributed by atoms with Gasteiger partial charge in [-0.15, -0.1) is 0 Å². The Kier molecular flexibility index (Phi) is 12.3. The third kappa shape index (κ3) is 8.46. The summed E-state index contributed by atoms with van der Waals surface area (Å²) in [5.74, 6) is 0.879. The van der Waals surface area contributed by atoms with E-state index in [9.17, 15) is 31.6 Å². The highest BCUT2D eigenvalue weighted by Gasteiger charge is 2.37. The van der Waals surface area contributed by atoms with E-state index in [1.807, 2.05) is 138 Å². The van der Waals surface area contributed by atoms with Crippen LogP contribution in [0.1, 0.15) is 38.9 Å². The lowest BCUT2D eigenvalue weighted by molar-refractivity contribution is -0.137. The first-order valence-electron chi connectivity index (χ1n) is 26.1. The van der Waals surface area contributed by atoms with E-state index < -0.39 is 11.7 Å². The molecule has 10 aromatic carbocycles. The number of aromatic nitrogens is 5. The van der Waals surface area contributed by atoms with E-state index in [0.717, 1.165) is 11.5 Å². The molecular formula is C70H34F3N11. The largest absolute Gasteiger partial charge is 0.417 e. The van der Waals surface area contributed by atoms with E-state index in [1.165, 1.54) is 30.3 Å². The van der Waals surface area contributed by atoms with Gasteiger partial charge in [0.05, 0.1) is 109 Å². The number of fused-ring (bicyclic) bond motifs is 6. The van der Waals surface area contributed by atoms with Crippen LogP contribution in [0.25, 0.3) is 123 Å². The second kappa shape index (κ2) is 20.3. The van der Waals surface area contributed by atoms with Crippen molar-refractivity contribution in [3.05, 3.63) is 245 Å². The fourth-order valence-corrected chi connectivity index (χ4v) is 11.4. The molecule has 3 aromatic heterocycles. The van der Waals surface area contributed by atoms with Crippen molar-refractivity contribution in [2.75, 3.05) is 0 Å². The van der Waals surface area contributed by atoms with Crippen molar-refractivity contribution < 1.29 is 13.2 Å². The van der Waals surface area contributed by atoms with Gasteiger partial charge in [-0.1, -0.05) is 115 Å². The molecule has 0 N–H and O–H groups in total. The van der Waals surface area contributed by atoms with Gasteiger partial charge in [0.25, 0.3) is 0 Å². The number of rotatable bonds is 8. The van der Waals surface area contributed by atoms with E-state index in [2.05, 4.69) is 24.3 Å². The fraction of sp³-hybridized carbons (Fsp3) is 0.0143. The van der Waals surface area contributed by atoms with Gasteiger partial charge in [0, 0.05) is 60.5 Å². The molecule has 13 rings (SSSR count). The Morgan fingerprint density at radius 1 is 0.321 bits per heavy atom. The van der Waals surface area contributed by atoms with E-state index >= 15 is 13.2 Å². The van der Waals surface area contributed by atoms with Crippen LogP contribution in [0.4, 0.5) is 13.2 Å². The number of nitrogens with zero attached hydrogens (tertiary/aromatic N) is 11. The molecule has 0 bridgehead atoms. The highest BCUT2D eigenvalue weighted by atomic mass is 19.4. The van der Waals surface area contributed by atoms with Crippen LogP contribution in [0.15, 0.2) is 206 Å². The monoisotopic (exact) mass is 1090 g/mol. The fourth-order valence-electron chi connectivity index (χ4n) is 11.4. The summed E-state index contributed by atoms with van der Waals surface area (Å²) >= 11 is 0. The van der Waals surface area contributed by atoms with Crippen molar-refractivity contribution in [3.8, 4) is 115 Å². The Hall–Kier alpha value is -12.5. The molecule has 0 aliphatic heterocycles. The van der Waals surface area contributed by atoms with Crippen molar-refractivity contribution in [3.63, 3.8) is 0 Å². The summed E-state index contributed by atoms with van der Waals surface area (Å²) in [4.78, 5) is 14.9. The normalized spacial score (nSPS) is 11.2. The van der Waals surface area contributed by atoms with E-state index in [1.54, 1.807) is 53.1 Å². The van der Waals surface area contributed by atoms with Crippen LogP contribution in [-0.2, 0) is 6.18 Å². The van der Waals surface area contributed by atoms with Crippen LogP contribution in [0, 0.1) is 68.0 Å². The molecule has 0 atom stereocenters. The Morgan fingerprint density at radius 2 is 0.726 bits per heavy atom. The Morgan fingerprint density at radius 3 is 1.17 bits per heavy atom. The molecule has 11 nitrogen and oxygen atoms in total. The SMILES string of the molecule is N#Cc1cc(C#N)c(-c2ccc3c(c2)c2ccccc2n3-c2ccc(-c3nc(-c4ccccc4)nc(-c4ccccc4)n3)cc2-c2c(-n3c4ccccc4c4cc(-c5c(C#N)cc(C#N)cc5C#N)ccc43)cccc2C(F)(F)F)c(C#N)c1. The Labute approximate surface area is 477 Å². The van der Waals surface area contributed by atoms with Gasteiger partial charge in [-0.2, -0.15) is 44.7 Å². The third-order valence-corrected chi connectivity index (χ3v) is 15.0. The van der Waals surface area contributed by atoms with Crippen LogP contribution >= 0.6 is 0 Å². The lowest BCUT2D eigenvalue weighted by Crippen LogP contribution is -2.11. The minimum absolute atomic E-state index is 0.112. The van der Waals surface area contributed by atoms with E-state index in [0.29, 0.717) is 94.5 Å². The van der Waals surface area contributed by atoms with Gasteiger partial charge >= 0.3 is 6.18 Å². The number of nitriles is 6. The van der Waals surface area contributed by atoms with Crippen LogP contribution in [0.5, 0.6) is 0 Å². The zero-order valence-corrected chi connectivity index (χ0v) is 43.7. The highest BCUT2D eigenvalue weighted by molar-refractivity contribution is 6.13. The maximum Gasteiger partial charge on any atom is 0.417 e. The molecule has 0 saturated carbocycles. The minimum atomic E-state index is -4.94. The molecule has 14 heteroatoms. The molecule has 0 aliphatic rings. The summed E-state index contributed by atoms with van der Waals surface area (Å²) in [5, 5.41) is 63.5. The van der Waals surface area contributed by atoms with E-state index in [4.69, 9.17) is 15.0 Å². The molecule has 0 radical (unpaired) electrons. The van der Waals surface area contributed by atoms with Crippen molar-refractivity contribution in [2.45, 2.75) is 6.18 Å². The number of hydrogen-bond donors (Lipinski definition) is 0. The predicted molar refractivity (Wildman–Crippen MR) is 314 cm³/mol. The average molecular weight is 1090 g/mol. The lowest BCUT2D eigenvalue weighted by Gasteiger charge is -2.23. The molecule has 0 saturated heterocycles. The number of alkyl halides is 3. The lowest BCUT2D eigenvalue weighted by atomic mass is 9.92. The van der Waals surface area contributed by atoms with Crippen LogP contribution < -0.4 is 0 Å². The minimum Gasteiger partial charge on any atom is -0.309 e. The summed E-state index contributed by atoms with van der Waals surface area (Å²) in [5.41, 5.74) is 6.01. The zero-order chi connectivity index (χ0) is 57.8. The summed E-state index contributed by atoms with van der Waals surface area (Å²) in [6.45, 7) is 0. The van der Waals surface area contributed by atoms with E-state index in [-0.39, 0.29) is 56.0 Å². The van der Waals surface area contributed by atoms with Gasteiger partial charge in [-0.3, -0.25) is 0 Å². The highest BCUT2D eigenvalue weighted by Crippen LogP contribution is 2.48. The first-order chi connectivity index (χ1) is 41.0. The molecule has 0 unspecified atom stereocenters. The van der Waals surface area contributed by atoms with Gasteiger partial charge < -0.3 is 9.13 Å². The van der Waals surface area contributed by atoms with Gasteiger partial charge in [0.15, 0.2) is 17.5 Å². The quantitative estimate of drug-likeness (QED) is 0.142. The first kappa shape index (κ1) is 51.0. The summed E-state index contributed by atoms with van der Waals surface area (Å²) in [6, 6.07) is 72.0. The number of para-hydroxylation sites is 2. The molecule has 84 heavy (non-hydrogen) atoms. The maximum atomic E-state index is 16.5. The van der Waals surface area contributed by atoms with Crippen LogP contribution in [0.2, 0.25) is 0 Å². The number of halogens is 3. The average Bonchev–Trinajstić information content (AvgIpc) is 4.29. The zero-order valence-electron chi connectivity index (χ0n) is 43.7. The maximum absolute atomic E-state index is 16.5. The van der Waals surface area contributed by atoms with Gasteiger partial charge in [-0.05, 0) is 102 Å². The second-order valence-electron chi connectivity index (χ2n) is 19.7. The Bertz CT molecular complexity index is 5080. The summed E-state index contributed by atoms with van der Waals surface area (Å²) in [7, 11) is 0. The molecule has 13 aromatic rings. The topological polar surface area (TPSA) is 191 Å². The molecule has 0 aliphatic carbocycles. The first-order valence-corrected chi connectivity index (χ1v) is 26.1. The van der Waals surface area contributed by atoms with Crippen molar-refractivity contribution in [1.29, 1.82) is 31.6 Å². The van der Waals surface area contributed by atoms with Gasteiger partial charge in [-0.25, -0.2) is 15.0 Å². The molecule has 0 amide bonds. The number of benzene rings is 10. The predicted octanol–water partition coefficient (Wildman–Crippen LogP) is 16.3. The number of hydrogen-bond acceptors (Lipinski definition) is 9. The third-order valence-electron chi connectivity index (χ3n) is 15.0. The second-order valence-corrected chi connectivity index (χ2v) is 19.7. The summed E-state index contributed by atoms with van der Waals surface area (Å²) in [6.07, 6.45) is -4.94. The molecule has 0 fully saturated rings. The molecule has 0 spiro atoms. The summed E-state index contributed by atoms with van der Waals surface area (Å²) < 4.78 is 53.2. The molecule has 3 heterocycles. The van der Waals surface area contributed by atoms with Crippen molar-refractivity contribution in [1.82, 2.24) is 24.1 Å². The van der Waals surface area contributed by atoms with Crippen molar-refractivity contribution >= 4 is 43.6 Å².